The van der Waals surface area contributed by atoms with Crippen molar-refractivity contribution in [3.8, 4) is 5.75 Å². The molecular weight excluding hydrogens is 302 g/mol. The van der Waals surface area contributed by atoms with E-state index in [1.54, 1.807) is 14.2 Å². The highest BCUT2D eigenvalue weighted by Gasteiger charge is 2.20. The molecule has 134 valence electrons. The molecule has 0 aliphatic heterocycles. The van der Waals surface area contributed by atoms with Crippen molar-refractivity contribution in [2.24, 2.45) is 10.9 Å². The van der Waals surface area contributed by atoms with E-state index in [-0.39, 0.29) is 0 Å². The molecule has 1 aromatic rings. The molecule has 1 aliphatic rings. The largest absolute Gasteiger partial charge is 0.497 e. The molecule has 0 radical (unpaired) electrons. The molecular formula is C19H31N3O2. The number of methoxy groups -OCH3 is 1. The fourth-order valence-corrected chi connectivity index (χ4v) is 2.50. The van der Waals surface area contributed by atoms with Crippen LogP contribution in [0.5, 0.6) is 5.75 Å². The lowest BCUT2D eigenvalue weighted by Gasteiger charge is -2.15. The number of guanidine groups is 1. The topological polar surface area (TPSA) is 54.9 Å². The summed E-state index contributed by atoms with van der Waals surface area (Å²) in [6.07, 6.45) is 3.72. The van der Waals surface area contributed by atoms with Crippen LogP contribution in [0.1, 0.15) is 37.7 Å². The zero-order valence-corrected chi connectivity index (χ0v) is 15.2. The van der Waals surface area contributed by atoms with E-state index in [1.165, 1.54) is 18.4 Å². The molecule has 1 saturated carbocycles. The summed E-state index contributed by atoms with van der Waals surface area (Å²) in [5.41, 5.74) is 1.33. The zero-order chi connectivity index (χ0) is 17.2. The Hall–Kier alpha value is -1.75. The summed E-state index contributed by atoms with van der Waals surface area (Å²) < 4.78 is 10.8. The molecule has 1 aliphatic carbocycles. The first-order valence-corrected chi connectivity index (χ1v) is 8.89. The first kappa shape index (κ1) is 18.6. The van der Waals surface area contributed by atoms with Gasteiger partial charge < -0.3 is 20.1 Å². The molecule has 2 N–H and O–H groups in total. The Morgan fingerprint density at radius 3 is 2.54 bits per heavy atom. The first-order chi connectivity index (χ1) is 11.7. The average molecular weight is 333 g/mol. The number of hydrogen-bond donors (Lipinski definition) is 2. The maximum absolute atomic E-state index is 5.62. The molecule has 0 heterocycles. The summed E-state index contributed by atoms with van der Waals surface area (Å²) >= 11 is 0. The third-order valence-corrected chi connectivity index (χ3v) is 4.37. The molecule has 5 heteroatoms. The molecule has 1 fully saturated rings. The van der Waals surface area contributed by atoms with E-state index in [0.717, 1.165) is 50.4 Å². The van der Waals surface area contributed by atoms with E-state index in [4.69, 9.17) is 9.47 Å². The SMILES string of the molecule is CN=C(NCCOCC1CC1)NCCC(C)c1ccc(OC)cc1. The molecule has 0 spiro atoms. The Labute approximate surface area is 145 Å². The predicted octanol–water partition coefficient (Wildman–Crippen LogP) is 2.78. The summed E-state index contributed by atoms with van der Waals surface area (Å²) in [5, 5.41) is 6.65. The third-order valence-electron chi connectivity index (χ3n) is 4.37. The van der Waals surface area contributed by atoms with Crippen molar-refractivity contribution in [2.45, 2.75) is 32.1 Å². The lowest BCUT2D eigenvalue weighted by Crippen LogP contribution is -2.39. The second-order valence-electron chi connectivity index (χ2n) is 6.41. The Morgan fingerprint density at radius 2 is 1.92 bits per heavy atom. The van der Waals surface area contributed by atoms with Crippen LogP contribution in [-0.2, 0) is 4.74 Å². The van der Waals surface area contributed by atoms with Crippen LogP contribution in [0.2, 0.25) is 0 Å². The van der Waals surface area contributed by atoms with E-state index in [2.05, 4.69) is 34.7 Å². The van der Waals surface area contributed by atoms with Gasteiger partial charge in [-0.05, 0) is 48.8 Å². The van der Waals surface area contributed by atoms with E-state index in [0.29, 0.717) is 5.92 Å². The van der Waals surface area contributed by atoms with Crippen LogP contribution in [0.4, 0.5) is 0 Å². The molecule has 0 amide bonds. The number of aliphatic imine (C=N–C) groups is 1. The maximum atomic E-state index is 5.62. The smallest absolute Gasteiger partial charge is 0.191 e. The summed E-state index contributed by atoms with van der Waals surface area (Å²) in [4.78, 5) is 4.25. The molecule has 5 nitrogen and oxygen atoms in total. The number of benzene rings is 1. The van der Waals surface area contributed by atoms with Gasteiger partial charge in [0.25, 0.3) is 0 Å². The highest BCUT2D eigenvalue weighted by atomic mass is 16.5. The third kappa shape index (κ3) is 6.79. The number of ether oxygens (including phenoxy) is 2. The Bertz CT molecular complexity index is 498. The number of rotatable bonds is 10. The second kappa shape index (κ2) is 10.2. The molecule has 0 saturated heterocycles. The first-order valence-electron chi connectivity index (χ1n) is 8.89. The molecule has 1 aromatic carbocycles. The molecule has 1 unspecified atom stereocenters. The van der Waals surface area contributed by atoms with Crippen molar-refractivity contribution in [3.05, 3.63) is 29.8 Å². The fourth-order valence-electron chi connectivity index (χ4n) is 2.50. The fraction of sp³-hybridized carbons (Fsp3) is 0.632. The Morgan fingerprint density at radius 1 is 1.21 bits per heavy atom. The monoisotopic (exact) mass is 333 g/mol. The summed E-state index contributed by atoms with van der Waals surface area (Å²) in [6, 6.07) is 8.30. The number of nitrogens with one attached hydrogen (secondary N) is 2. The Kier molecular flexibility index (Phi) is 7.89. The minimum absolute atomic E-state index is 0.489. The van der Waals surface area contributed by atoms with Crippen molar-refractivity contribution in [2.75, 3.05) is 40.5 Å². The van der Waals surface area contributed by atoms with Gasteiger partial charge in [0.2, 0.25) is 0 Å². The van der Waals surface area contributed by atoms with Gasteiger partial charge >= 0.3 is 0 Å². The summed E-state index contributed by atoms with van der Waals surface area (Å²) in [6.45, 7) is 5.56. The van der Waals surface area contributed by atoms with Gasteiger partial charge in [0, 0.05) is 26.7 Å². The number of hydrogen-bond acceptors (Lipinski definition) is 3. The van der Waals surface area contributed by atoms with Crippen LogP contribution < -0.4 is 15.4 Å². The van der Waals surface area contributed by atoms with Gasteiger partial charge in [-0.15, -0.1) is 0 Å². The minimum Gasteiger partial charge on any atom is -0.497 e. The highest BCUT2D eigenvalue weighted by molar-refractivity contribution is 5.79. The predicted molar refractivity (Wildman–Crippen MR) is 98.9 cm³/mol. The normalized spacial score (nSPS) is 15.9. The zero-order valence-electron chi connectivity index (χ0n) is 15.2. The van der Waals surface area contributed by atoms with Crippen molar-refractivity contribution >= 4 is 5.96 Å². The second-order valence-corrected chi connectivity index (χ2v) is 6.41. The van der Waals surface area contributed by atoms with E-state index < -0.39 is 0 Å². The van der Waals surface area contributed by atoms with Crippen molar-refractivity contribution in [1.29, 1.82) is 0 Å². The molecule has 24 heavy (non-hydrogen) atoms. The molecule has 0 aromatic heterocycles. The molecule has 0 bridgehead atoms. The van der Waals surface area contributed by atoms with E-state index >= 15 is 0 Å². The van der Waals surface area contributed by atoms with Crippen LogP contribution in [0, 0.1) is 5.92 Å². The quantitative estimate of drug-likeness (QED) is 0.393. The van der Waals surface area contributed by atoms with Gasteiger partial charge in [0.05, 0.1) is 13.7 Å². The standard InChI is InChI=1S/C19H31N3O2/c1-15(17-6-8-18(23-3)9-7-17)10-11-21-19(20-2)22-12-13-24-14-16-4-5-16/h6-9,15-16H,4-5,10-14H2,1-3H3,(H2,20,21,22). The van der Waals surface area contributed by atoms with Crippen LogP contribution in [0.15, 0.2) is 29.3 Å². The lowest BCUT2D eigenvalue weighted by atomic mass is 9.98. The van der Waals surface area contributed by atoms with Crippen LogP contribution in [0.3, 0.4) is 0 Å². The van der Waals surface area contributed by atoms with E-state index in [9.17, 15) is 0 Å². The lowest BCUT2D eigenvalue weighted by molar-refractivity contribution is 0.129. The van der Waals surface area contributed by atoms with Gasteiger partial charge in [-0.2, -0.15) is 0 Å². The molecule has 2 rings (SSSR count). The number of nitrogens with zero attached hydrogens (tertiary/aromatic N) is 1. The average Bonchev–Trinajstić information content (AvgIpc) is 3.44. The van der Waals surface area contributed by atoms with Crippen molar-refractivity contribution in [1.82, 2.24) is 10.6 Å². The summed E-state index contributed by atoms with van der Waals surface area (Å²) in [7, 11) is 3.49. The summed E-state index contributed by atoms with van der Waals surface area (Å²) in [5.74, 6) is 3.05. The van der Waals surface area contributed by atoms with Crippen molar-refractivity contribution in [3.63, 3.8) is 0 Å². The maximum Gasteiger partial charge on any atom is 0.191 e. The Balaban J connectivity index is 1.59. The van der Waals surface area contributed by atoms with Gasteiger partial charge in [-0.3, -0.25) is 4.99 Å². The van der Waals surface area contributed by atoms with Gasteiger partial charge in [-0.25, -0.2) is 0 Å². The highest BCUT2D eigenvalue weighted by Crippen LogP contribution is 2.28. The minimum atomic E-state index is 0.489. The van der Waals surface area contributed by atoms with Crippen LogP contribution >= 0.6 is 0 Å². The van der Waals surface area contributed by atoms with Gasteiger partial charge in [0.15, 0.2) is 5.96 Å². The van der Waals surface area contributed by atoms with Gasteiger partial charge in [-0.1, -0.05) is 19.1 Å². The van der Waals surface area contributed by atoms with Crippen LogP contribution in [0.25, 0.3) is 0 Å². The van der Waals surface area contributed by atoms with Crippen molar-refractivity contribution < 1.29 is 9.47 Å². The van der Waals surface area contributed by atoms with Crippen LogP contribution in [-0.4, -0.2) is 46.4 Å². The molecule has 1 atom stereocenters. The van der Waals surface area contributed by atoms with Gasteiger partial charge in [0.1, 0.15) is 5.75 Å². The van der Waals surface area contributed by atoms with E-state index in [1.807, 2.05) is 12.1 Å².